The number of nitrogens with zero attached hydrogens (tertiary/aromatic N) is 1. The zero-order valence-corrected chi connectivity index (χ0v) is 11.2. The van der Waals surface area contributed by atoms with Gasteiger partial charge in [0.05, 0.1) is 0 Å². The smallest absolute Gasteiger partial charge is 0.329 e. The van der Waals surface area contributed by atoms with Crippen molar-refractivity contribution in [2.24, 2.45) is 0 Å². The molecule has 0 fully saturated rings. The summed E-state index contributed by atoms with van der Waals surface area (Å²) in [5, 5.41) is 14.1. The Labute approximate surface area is 107 Å². The third-order valence-corrected chi connectivity index (χ3v) is 2.53. The molecule has 3 N–H and O–H groups in total. The van der Waals surface area contributed by atoms with E-state index < -0.39 is 17.5 Å². The van der Waals surface area contributed by atoms with E-state index >= 15 is 0 Å². The van der Waals surface area contributed by atoms with Crippen molar-refractivity contribution in [3.63, 3.8) is 0 Å². The summed E-state index contributed by atoms with van der Waals surface area (Å²) in [5.74, 6) is -1.25. The minimum atomic E-state index is -1.27. The lowest BCUT2D eigenvalue weighted by molar-refractivity contribution is -0.147. The van der Waals surface area contributed by atoms with Crippen LogP contribution in [0.15, 0.2) is 0 Å². The highest BCUT2D eigenvalue weighted by molar-refractivity contribution is 5.85. The van der Waals surface area contributed by atoms with Crippen LogP contribution in [0.1, 0.15) is 27.7 Å². The van der Waals surface area contributed by atoms with Gasteiger partial charge in [0.1, 0.15) is 5.54 Å². The predicted molar refractivity (Wildman–Crippen MR) is 66.2 cm³/mol. The Morgan fingerprint density at radius 1 is 1.17 bits per heavy atom. The van der Waals surface area contributed by atoms with Gasteiger partial charge >= 0.3 is 12.0 Å². The van der Waals surface area contributed by atoms with Crippen molar-refractivity contribution in [2.75, 3.05) is 19.6 Å². The Kier molecular flexibility index (Phi) is 6.15. The maximum Gasteiger partial charge on any atom is 0.329 e. The highest BCUT2D eigenvalue weighted by atomic mass is 16.4. The molecule has 7 heteroatoms. The molecule has 7 nitrogen and oxygen atoms in total. The van der Waals surface area contributed by atoms with Crippen LogP contribution in [0.3, 0.4) is 0 Å². The van der Waals surface area contributed by atoms with Crippen LogP contribution < -0.4 is 10.6 Å². The van der Waals surface area contributed by atoms with Crippen LogP contribution in [0.5, 0.6) is 0 Å². The number of urea groups is 1. The molecule has 0 aromatic rings. The van der Waals surface area contributed by atoms with E-state index in [2.05, 4.69) is 10.6 Å². The van der Waals surface area contributed by atoms with Gasteiger partial charge in [0.15, 0.2) is 0 Å². The Morgan fingerprint density at radius 2 is 1.67 bits per heavy atom. The molecule has 0 aromatic carbocycles. The molecule has 0 atom stereocenters. The number of likely N-dealkylation sites (N-methyl/N-ethyl adjacent to an activating group) is 1. The Morgan fingerprint density at radius 3 is 2.06 bits per heavy atom. The largest absolute Gasteiger partial charge is 0.480 e. The van der Waals surface area contributed by atoms with Crippen LogP contribution in [-0.2, 0) is 9.59 Å². The molecule has 0 spiro atoms. The lowest BCUT2D eigenvalue weighted by Gasteiger charge is -2.34. The highest BCUT2D eigenvalue weighted by Crippen LogP contribution is 2.14. The molecule has 0 heterocycles. The molecule has 0 aromatic heterocycles. The van der Waals surface area contributed by atoms with Crippen molar-refractivity contribution in [3.8, 4) is 0 Å². The molecular formula is C11H21N3O4. The Bertz CT molecular complexity index is 328. The number of rotatable bonds is 6. The first-order chi connectivity index (χ1) is 8.23. The normalized spacial score (nSPS) is 10.7. The van der Waals surface area contributed by atoms with E-state index in [-0.39, 0.29) is 19.0 Å². The molecule has 104 valence electrons. The molecule has 0 aliphatic carbocycles. The Hall–Kier alpha value is -1.79. The van der Waals surface area contributed by atoms with Gasteiger partial charge in [-0.2, -0.15) is 0 Å². The highest BCUT2D eigenvalue weighted by Gasteiger charge is 2.36. The summed E-state index contributed by atoms with van der Waals surface area (Å²) < 4.78 is 0. The average molecular weight is 259 g/mol. The number of carboxylic acids is 1. The van der Waals surface area contributed by atoms with Gasteiger partial charge in [0, 0.05) is 26.6 Å². The summed E-state index contributed by atoms with van der Waals surface area (Å²) in [4.78, 5) is 34.7. The van der Waals surface area contributed by atoms with Crippen molar-refractivity contribution < 1.29 is 19.5 Å². The number of hydrogen-bond acceptors (Lipinski definition) is 3. The molecule has 0 saturated heterocycles. The molecule has 3 amide bonds. The van der Waals surface area contributed by atoms with Crippen molar-refractivity contribution in [1.82, 2.24) is 15.5 Å². The van der Waals surface area contributed by atoms with Crippen LogP contribution in [0.2, 0.25) is 0 Å². The molecule has 0 aliphatic rings. The van der Waals surface area contributed by atoms with Crippen LogP contribution in [0, 0.1) is 0 Å². The van der Waals surface area contributed by atoms with Crippen molar-refractivity contribution in [3.05, 3.63) is 0 Å². The van der Waals surface area contributed by atoms with Gasteiger partial charge in [-0.3, -0.25) is 4.79 Å². The molecule has 0 unspecified atom stereocenters. The number of carbonyl (C=O) groups excluding carboxylic acids is 2. The number of aliphatic carboxylic acids is 1. The third-order valence-electron chi connectivity index (χ3n) is 2.53. The second-order valence-electron chi connectivity index (χ2n) is 4.32. The van der Waals surface area contributed by atoms with Gasteiger partial charge < -0.3 is 20.6 Å². The first-order valence-electron chi connectivity index (χ1n) is 5.76. The Balaban J connectivity index is 4.37. The van der Waals surface area contributed by atoms with Crippen LogP contribution in [-0.4, -0.2) is 53.1 Å². The van der Waals surface area contributed by atoms with Crippen molar-refractivity contribution >= 4 is 17.9 Å². The summed E-state index contributed by atoms with van der Waals surface area (Å²) in [6.45, 7) is 6.87. The molecule has 0 radical (unpaired) electrons. The average Bonchev–Trinajstić information content (AvgIpc) is 2.24. The summed E-state index contributed by atoms with van der Waals surface area (Å²) in [6, 6.07) is -0.463. The van der Waals surface area contributed by atoms with Crippen LogP contribution in [0.25, 0.3) is 0 Å². The first-order valence-corrected chi connectivity index (χ1v) is 5.76. The summed E-state index contributed by atoms with van der Waals surface area (Å²) >= 11 is 0. The minimum absolute atomic E-state index is 0.178. The summed E-state index contributed by atoms with van der Waals surface area (Å²) in [5.41, 5.74) is -1.27. The molecule has 18 heavy (non-hydrogen) atoms. The number of nitrogens with one attached hydrogen (secondary N) is 2. The van der Waals surface area contributed by atoms with Gasteiger partial charge in [-0.25, -0.2) is 9.59 Å². The van der Waals surface area contributed by atoms with E-state index in [0.717, 1.165) is 0 Å². The van der Waals surface area contributed by atoms with E-state index in [1.165, 1.54) is 25.7 Å². The quantitative estimate of drug-likeness (QED) is 0.585. The van der Waals surface area contributed by atoms with Gasteiger partial charge in [-0.15, -0.1) is 0 Å². The molecular weight excluding hydrogens is 238 g/mol. The van der Waals surface area contributed by atoms with E-state index in [1.54, 1.807) is 6.92 Å². The van der Waals surface area contributed by atoms with Crippen molar-refractivity contribution in [2.45, 2.75) is 33.2 Å². The van der Waals surface area contributed by atoms with E-state index in [0.29, 0.717) is 6.54 Å². The zero-order chi connectivity index (χ0) is 14.3. The predicted octanol–water partition coefficient (Wildman–Crippen LogP) is 0.0172. The van der Waals surface area contributed by atoms with Gasteiger partial charge in [0.2, 0.25) is 5.91 Å². The fraction of sp³-hybridized carbons (Fsp3) is 0.727. The lowest BCUT2D eigenvalue weighted by atomic mass is 10.0. The molecule has 0 rings (SSSR count). The summed E-state index contributed by atoms with van der Waals surface area (Å²) in [7, 11) is 0. The maximum atomic E-state index is 11.8. The monoisotopic (exact) mass is 259 g/mol. The molecule has 0 aliphatic heterocycles. The van der Waals surface area contributed by atoms with Gasteiger partial charge in [0.25, 0.3) is 0 Å². The first kappa shape index (κ1) is 16.2. The molecule has 0 bridgehead atoms. The fourth-order valence-electron chi connectivity index (χ4n) is 1.41. The van der Waals surface area contributed by atoms with Crippen LogP contribution in [0.4, 0.5) is 4.79 Å². The van der Waals surface area contributed by atoms with Gasteiger partial charge in [-0.05, 0) is 20.8 Å². The van der Waals surface area contributed by atoms with Crippen LogP contribution >= 0.6 is 0 Å². The zero-order valence-electron chi connectivity index (χ0n) is 11.2. The standard InChI is InChI=1S/C11H21N3O4/c1-5-14(11(3,4)9(16)17)10(18)13-7-6-12-8(2)15/h5-7H2,1-4H3,(H,12,15)(H,13,18)(H,16,17). The fourth-order valence-corrected chi connectivity index (χ4v) is 1.41. The SMILES string of the molecule is CCN(C(=O)NCCNC(C)=O)C(C)(C)C(=O)O. The maximum absolute atomic E-state index is 11.8. The number of amides is 3. The molecule has 0 saturated carbocycles. The minimum Gasteiger partial charge on any atom is -0.480 e. The van der Waals surface area contributed by atoms with Crippen molar-refractivity contribution in [1.29, 1.82) is 0 Å². The lowest BCUT2D eigenvalue weighted by Crippen LogP contribution is -2.56. The number of hydrogen-bond donors (Lipinski definition) is 3. The van der Waals surface area contributed by atoms with E-state index in [1.807, 2.05) is 0 Å². The topological polar surface area (TPSA) is 98.7 Å². The number of carbonyl (C=O) groups is 3. The van der Waals surface area contributed by atoms with E-state index in [9.17, 15) is 14.4 Å². The summed E-state index contributed by atoms with van der Waals surface area (Å²) in [6.07, 6.45) is 0. The van der Waals surface area contributed by atoms with E-state index in [4.69, 9.17) is 5.11 Å². The third kappa shape index (κ3) is 4.60. The second kappa shape index (κ2) is 6.83. The van der Waals surface area contributed by atoms with Gasteiger partial charge in [-0.1, -0.05) is 0 Å². The number of carboxylic acid groups (broad SMARTS) is 1. The second-order valence-corrected chi connectivity index (χ2v) is 4.32.